The Morgan fingerprint density at radius 2 is 1.72 bits per heavy atom. The fraction of sp³-hybridized carbons (Fsp3) is 0.300. The molecule has 1 fully saturated rings. The molecule has 7 nitrogen and oxygen atoms in total. The summed E-state index contributed by atoms with van der Waals surface area (Å²) in [6.07, 6.45) is 1.17. The van der Waals surface area contributed by atoms with Gasteiger partial charge in [0.2, 0.25) is 5.91 Å². The number of halogens is 1. The molecule has 154 valence electrons. The lowest BCUT2D eigenvalue weighted by Crippen LogP contribution is -2.42. The Morgan fingerprint density at radius 1 is 1.07 bits per heavy atom. The molecule has 0 aromatic heterocycles. The van der Waals surface area contributed by atoms with Crippen molar-refractivity contribution in [1.82, 2.24) is 10.2 Å². The van der Waals surface area contributed by atoms with E-state index in [0.29, 0.717) is 31.5 Å². The van der Waals surface area contributed by atoms with Crippen molar-refractivity contribution >= 4 is 27.5 Å². The molecule has 3 rings (SSSR count). The van der Waals surface area contributed by atoms with Gasteiger partial charge in [-0.25, -0.2) is 12.8 Å². The first-order valence-electron chi connectivity index (χ1n) is 9.19. The minimum Gasteiger partial charge on any atom is -0.359 e. The van der Waals surface area contributed by atoms with E-state index in [9.17, 15) is 22.4 Å². The Morgan fingerprint density at radius 3 is 2.34 bits per heavy atom. The number of anilines is 1. The van der Waals surface area contributed by atoms with E-state index in [1.807, 2.05) is 0 Å². The predicted octanol–water partition coefficient (Wildman–Crippen LogP) is 2.22. The van der Waals surface area contributed by atoms with Crippen LogP contribution in [0.5, 0.6) is 0 Å². The Balaban J connectivity index is 1.70. The number of benzene rings is 2. The van der Waals surface area contributed by atoms with E-state index in [2.05, 4.69) is 10.0 Å². The van der Waals surface area contributed by atoms with Crippen LogP contribution in [0.2, 0.25) is 0 Å². The molecule has 0 spiro atoms. The predicted molar refractivity (Wildman–Crippen MR) is 106 cm³/mol. The van der Waals surface area contributed by atoms with Crippen LogP contribution in [0.15, 0.2) is 53.4 Å². The van der Waals surface area contributed by atoms with Gasteiger partial charge in [0, 0.05) is 37.3 Å². The summed E-state index contributed by atoms with van der Waals surface area (Å²) in [6.45, 7) is 0.922. The van der Waals surface area contributed by atoms with Crippen LogP contribution in [0.4, 0.5) is 10.1 Å². The SMILES string of the molecule is CNC(=O)C1CCN(C(=O)c2cccc(NS(=O)(=O)c3ccc(F)cc3)c2)CC1. The van der Waals surface area contributed by atoms with Crippen LogP contribution < -0.4 is 10.0 Å². The molecule has 0 saturated carbocycles. The normalized spacial score (nSPS) is 15.0. The third kappa shape index (κ3) is 4.92. The minimum absolute atomic E-state index is 0.0192. The smallest absolute Gasteiger partial charge is 0.261 e. The van der Waals surface area contributed by atoms with Crippen molar-refractivity contribution < 1.29 is 22.4 Å². The van der Waals surface area contributed by atoms with Gasteiger partial charge in [-0.05, 0) is 55.3 Å². The van der Waals surface area contributed by atoms with Crippen molar-refractivity contribution in [3.05, 3.63) is 59.9 Å². The van der Waals surface area contributed by atoms with E-state index < -0.39 is 15.8 Å². The largest absolute Gasteiger partial charge is 0.359 e. The van der Waals surface area contributed by atoms with Gasteiger partial charge in [0.25, 0.3) is 15.9 Å². The van der Waals surface area contributed by atoms with E-state index in [1.165, 1.54) is 24.3 Å². The first-order valence-corrected chi connectivity index (χ1v) is 10.7. The van der Waals surface area contributed by atoms with Gasteiger partial charge < -0.3 is 10.2 Å². The first-order chi connectivity index (χ1) is 13.8. The van der Waals surface area contributed by atoms with Gasteiger partial charge in [0.05, 0.1) is 4.90 Å². The second-order valence-corrected chi connectivity index (χ2v) is 8.50. The van der Waals surface area contributed by atoms with Gasteiger partial charge in [-0.15, -0.1) is 0 Å². The molecule has 2 aromatic carbocycles. The zero-order chi connectivity index (χ0) is 21.0. The number of carbonyl (C=O) groups is 2. The second kappa shape index (κ2) is 8.60. The number of sulfonamides is 1. The highest BCUT2D eigenvalue weighted by Gasteiger charge is 2.27. The molecular weight excluding hydrogens is 397 g/mol. The lowest BCUT2D eigenvalue weighted by atomic mass is 9.95. The summed E-state index contributed by atoms with van der Waals surface area (Å²) in [4.78, 5) is 26.1. The average Bonchev–Trinajstić information content (AvgIpc) is 2.73. The van der Waals surface area contributed by atoms with E-state index >= 15 is 0 Å². The molecule has 2 aromatic rings. The number of carbonyl (C=O) groups excluding carboxylic acids is 2. The van der Waals surface area contributed by atoms with E-state index in [1.54, 1.807) is 24.1 Å². The minimum atomic E-state index is -3.90. The number of nitrogens with one attached hydrogen (secondary N) is 2. The zero-order valence-electron chi connectivity index (χ0n) is 15.9. The van der Waals surface area contributed by atoms with Crippen molar-refractivity contribution in [2.75, 3.05) is 24.9 Å². The molecular formula is C20H22FN3O4S. The van der Waals surface area contributed by atoms with Crippen LogP contribution in [0, 0.1) is 11.7 Å². The molecule has 1 heterocycles. The fourth-order valence-corrected chi connectivity index (χ4v) is 4.32. The van der Waals surface area contributed by atoms with Crippen LogP contribution in [0.3, 0.4) is 0 Å². The van der Waals surface area contributed by atoms with Crippen molar-refractivity contribution in [2.24, 2.45) is 5.92 Å². The summed E-state index contributed by atoms with van der Waals surface area (Å²) in [7, 11) is -2.31. The highest BCUT2D eigenvalue weighted by Crippen LogP contribution is 2.22. The molecule has 1 saturated heterocycles. The molecule has 29 heavy (non-hydrogen) atoms. The van der Waals surface area contributed by atoms with Crippen molar-refractivity contribution in [2.45, 2.75) is 17.7 Å². The topological polar surface area (TPSA) is 95.6 Å². The molecule has 1 aliphatic heterocycles. The van der Waals surface area contributed by atoms with Crippen LogP contribution in [0.1, 0.15) is 23.2 Å². The Kier molecular flexibility index (Phi) is 6.17. The molecule has 0 unspecified atom stereocenters. The number of rotatable bonds is 5. The molecule has 0 bridgehead atoms. The number of nitrogens with zero attached hydrogens (tertiary/aromatic N) is 1. The third-order valence-corrected chi connectivity index (χ3v) is 6.28. The molecule has 0 radical (unpaired) electrons. The van der Waals surface area contributed by atoms with Gasteiger partial charge in [-0.2, -0.15) is 0 Å². The lowest BCUT2D eigenvalue weighted by Gasteiger charge is -2.31. The molecule has 2 amide bonds. The summed E-state index contributed by atoms with van der Waals surface area (Å²) in [5.41, 5.74) is 0.586. The summed E-state index contributed by atoms with van der Waals surface area (Å²) in [5.74, 6) is -0.868. The van der Waals surface area contributed by atoms with E-state index in [0.717, 1.165) is 12.1 Å². The summed E-state index contributed by atoms with van der Waals surface area (Å²) in [6, 6.07) is 10.7. The van der Waals surface area contributed by atoms with Gasteiger partial charge >= 0.3 is 0 Å². The Labute approximate surface area is 169 Å². The number of likely N-dealkylation sites (tertiary alicyclic amines) is 1. The highest BCUT2D eigenvalue weighted by molar-refractivity contribution is 7.92. The zero-order valence-corrected chi connectivity index (χ0v) is 16.7. The second-order valence-electron chi connectivity index (χ2n) is 6.82. The van der Waals surface area contributed by atoms with Gasteiger partial charge in [-0.3, -0.25) is 14.3 Å². The number of hydrogen-bond donors (Lipinski definition) is 2. The molecule has 0 atom stereocenters. The maximum Gasteiger partial charge on any atom is 0.261 e. The van der Waals surface area contributed by atoms with Crippen LogP contribution >= 0.6 is 0 Å². The Bertz CT molecular complexity index is 1000. The van der Waals surface area contributed by atoms with Crippen LogP contribution in [-0.4, -0.2) is 45.3 Å². The van der Waals surface area contributed by atoms with E-state index in [-0.39, 0.29) is 28.3 Å². The summed E-state index contributed by atoms with van der Waals surface area (Å²) < 4.78 is 40.4. The first kappa shape index (κ1) is 20.8. The number of piperidine rings is 1. The quantitative estimate of drug-likeness (QED) is 0.777. The van der Waals surface area contributed by atoms with Gasteiger partial charge in [0.1, 0.15) is 5.82 Å². The number of hydrogen-bond acceptors (Lipinski definition) is 4. The molecule has 9 heteroatoms. The Hall–Kier alpha value is -2.94. The van der Waals surface area contributed by atoms with Crippen molar-refractivity contribution in [1.29, 1.82) is 0 Å². The highest BCUT2D eigenvalue weighted by atomic mass is 32.2. The van der Waals surface area contributed by atoms with E-state index in [4.69, 9.17) is 0 Å². The molecule has 0 aliphatic carbocycles. The maximum absolute atomic E-state index is 13.0. The van der Waals surface area contributed by atoms with Crippen LogP contribution in [0.25, 0.3) is 0 Å². The fourth-order valence-electron chi connectivity index (χ4n) is 3.28. The van der Waals surface area contributed by atoms with Crippen molar-refractivity contribution in [3.8, 4) is 0 Å². The maximum atomic E-state index is 13.0. The molecule has 1 aliphatic rings. The third-order valence-electron chi connectivity index (χ3n) is 4.89. The standard InChI is InChI=1S/C20H22FN3O4S/c1-22-19(25)14-9-11-24(12-10-14)20(26)15-3-2-4-17(13-15)23-29(27,28)18-7-5-16(21)6-8-18/h2-8,13-14,23H,9-12H2,1H3,(H,22,25). The lowest BCUT2D eigenvalue weighted by molar-refractivity contribution is -0.125. The van der Waals surface area contributed by atoms with Gasteiger partial charge in [0.15, 0.2) is 0 Å². The van der Waals surface area contributed by atoms with Crippen molar-refractivity contribution in [3.63, 3.8) is 0 Å². The summed E-state index contributed by atoms with van der Waals surface area (Å²) in [5, 5.41) is 2.63. The average molecular weight is 419 g/mol. The van der Waals surface area contributed by atoms with Gasteiger partial charge in [-0.1, -0.05) is 6.07 Å². The number of amides is 2. The molecule has 2 N–H and O–H groups in total. The summed E-state index contributed by atoms with van der Waals surface area (Å²) >= 11 is 0. The monoisotopic (exact) mass is 419 g/mol. The van der Waals surface area contributed by atoms with Crippen LogP contribution in [-0.2, 0) is 14.8 Å².